The molecule has 2 nitrogen and oxygen atoms in total. The maximum absolute atomic E-state index is 13.8. The van der Waals surface area contributed by atoms with Gasteiger partial charge in [0.15, 0.2) is 0 Å². The van der Waals surface area contributed by atoms with Crippen LogP contribution in [0.2, 0.25) is 5.02 Å². The molecule has 27 heavy (non-hydrogen) atoms. The Morgan fingerprint density at radius 3 is 2.33 bits per heavy atom. The predicted molar refractivity (Wildman–Crippen MR) is 103 cm³/mol. The normalized spacial score (nSPS) is 10.4. The van der Waals surface area contributed by atoms with Crippen molar-refractivity contribution in [1.29, 1.82) is 0 Å². The number of benzene rings is 3. The van der Waals surface area contributed by atoms with E-state index in [4.69, 9.17) is 11.6 Å². The largest absolute Gasteiger partial charge is 0.321 e. The summed E-state index contributed by atoms with van der Waals surface area (Å²) in [5.41, 5.74) is 0.971. The smallest absolute Gasteiger partial charge is 0.264 e. The van der Waals surface area contributed by atoms with Crippen molar-refractivity contribution >= 4 is 23.2 Å². The summed E-state index contributed by atoms with van der Waals surface area (Å²) in [6.45, 7) is 0. The van der Waals surface area contributed by atoms with Gasteiger partial charge in [0.05, 0.1) is 5.02 Å². The average Bonchev–Trinajstić information content (AvgIpc) is 2.64. The second kappa shape index (κ2) is 8.73. The van der Waals surface area contributed by atoms with Gasteiger partial charge in [-0.05, 0) is 29.8 Å². The number of carbonyl (C=O) groups is 1. The van der Waals surface area contributed by atoms with E-state index in [2.05, 4.69) is 5.32 Å². The first-order valence-corrected chi connectivity index (χ1v) is 8.08. The van der Waals surface area contributed by atoms with E-state index in [-0.39, 0.29) is 23.6 Å². The Hall–Kier alpha value is -2.79. The number of anilines is 1. The molecule has 0 saturated heterocycles. The highest BCUT2D eigenvalue weighted by Crippen LogP contribution is 2.31. The van der Waals surface area contributed by atoms with Crippen molar-refractivity contribution in [3.05, 3.63) is 88.7 Å². The molecule has 0 aliphatic rings. The molecule has 0 spiro atoms. The van der Waals surface area contributed by atoms with Crippen LogP contribution in [0.1, 0.15) is 29.8 Å². The summed E-state index contributed by atoms with van der Waals surface area (Å²) in [7, 11) is 0. The fourth-order valence-electron chi connectivity index (χ4n) is 2.59. The van der Waals surface area contributed by atoms with Gasteiger partial charge in [-0.2, -0.15) is 0 Å². The first-order chi connectivity index (χ1) is 12.5. The summed E-state index contributed by atoms with van der Waals surface area (Å²) < 4.78 is 40.0. The Labute approximate surface area is 160 Å². The highest BCUT2D eigenvalue weighted by Gasteiger charge is 2.18. The lowest BCUT2D eigenvalue weighted by atomic mass is 10.0. The molecule has 6 heteroatoms. The minimum atomic E-state index is -2.77. The van der Waals surface area contributed by atoms with Crippen LogP contribution in [0, 0.1) is 5.82 Å². The van der Waals surface area contributed by atoms with Crippen molar-refractivity contribution in [2.24, 2.45) is 0 Å². The Morgan fingerprint density at radius 1 is 0.963 bits per heavy atom. The van der Waals surface area contributed by atoms with Crippen LogP contribution >= 0.6 is 11.6 Å². The lowest BCUT2D eigenvalue weighted by Crippen LogP contribution is -2.15. The minimum absolute atomic E-state index is 0. The number of rotatable bonds is 4. The Kier molecular flexibility index (Phi) is 6.64. The van der Waals surface area contributed by atoms with E-state index < -0.39 is 18.1 Å². The van der Waals surface area contributed by atoms with Crippen molar-refractivity contribution in [2.45, 2.75) is 13.9 Å². The van der Waals surface area contributed by atoms with Gasteiger partial charge < -0.3 is 5.32 Å². The minimum Gasteiger partial charge on any atom is -0.321 e. The van der Waals surface area contributed by atoms with Gasteiger partial charge in [-0.3, -0.25) is 4.79 Å². The summed E-state index contributed by atoms with van der Waals surface area (Å²) in [5.74, 6) is -1.25. The molecule has 0 fully saturated rings. The lowest BCUT2D eigenvalue weighted by molar-refractivity contribution is 0.101. The first-order valence-electron chi connectivity index (χ1n) is 7.70. The highest BCUT2D eigenvalue weighted by atomic mass is 35.5. The van der Waals surface area contributed by atoms with Gasteiger partial charge in [-0.25, -0.2) is 13.2 Å². The molecule has 0 heterocycles. The van der Waals surface area contributed by atoms with Gasteiger partial charge in [-0.15, -0.1) is 0 Å². The molecule has 1 N–H and O–H groups in total. The quantitative estimate of drug-likeness (QED) is 0.511. The topological polar surface area (TPSA) is 29.1 Å². The molecule has 0 bridgehead atoms. The Morgan fingerprint density at radius 2 is 1.63 bits per heavy atom. The molecule has 3 aromatic carbocycles. The average molecular weight is 392 g/mol. The standard InChI is InChI=1S/C20H13ClF3NO.CH4/c21-16-10-9-12(11-17(16)22)13-5-3-4-8-18(13)25-20(26)15-7-2-1-6-14(15)19(23)24;/h1-11,19H,(H,25,26);1H4. The second-order valence-corrected chi connectivity index (χ2v) is 5.92. The van der Waals surface area contributed by atoms with Crippen molar-refractivity contribution in [3.8, 4) is 11.1 Å². The van der Waals surface area contributed by atoms with Crippen molar-refractivity contribution in [1.82, 2.24) is 0 Å². The lowest BCUT2D eigenvalue weighted by Gasteiger charge is -2.13. The van der Waals surface area contributed by atoms with Crippen molar-refractivity contribution in [2.75, 3.05) is 5.32 Å². The molecule has 0 aromatic heterocycles. The van der Waals surface area contributed by atoms with Gasteiger partial charge in [0.1, 0.15) is 5.82 Å². The number of hydrogen-bond donors (Lipinski definition) is 1. The molecular formula is C21H17ClF3NO. The van der Waals surface area contributed by atoms with E-state index in [0.29, 0.717) is 16.8 Å². The van der Waals surface area contributed by atoms with Gasteiger partial charge in [-0.1, -0.05) is 61.5 Å². The molecule has 0 aliphatic heterocycles. The van der Waals surface area contributed by atoms with E-state index in [1.165, 1.54) is 36.4 Å². The Bertz CT molecular complexity index is 960. The predicted octanol–water partition coefficient (Wildman–Crippen LogP) is 6.97. The zero-order chi connectivity index (χ0) is 18.7. The molecule has 3 aromatic rings. The third kappa shape index (κ3) is 4.49. The van der Waals surface area contributed by atoms with Gasteiger partial charge >= 0.3 is 0 Å². The molecule has 0 aliphatic carbocycles. The molecule has 3 rings (SSSR count). The second-order valence-electron chi connectivity index (χ2n) is 5.52. The third-order valence-electron chi connectivity index (χ3n) is 3.85. The first kappa shape index (κ1) is 20.5. The number of halogens is 4. The zero-order valence-electron chi connectivity index (χ0n) is 13.3. The summed E-state index contributed by atoms with van der Waals surface area (Å²) in [6, 6.07) is 16.5. The van der Waals surface area contributed by atoms with Crippen LogP contribution < -0.4 is 5.32 Å². The SMILES string of the molecule is C.O=C(Nc1ccccc1-c1ccc(Cl)c(F)c1)c1ccccc1C(F)F. The summed E-state index contributed by atoms with van der Waals surface area (Å²) in [6.07, 6.45) is -2.77. The number of alkyl halides is 2. The summed E-state index contributed by atoms with van der Waals surface area (Å²) >= 11 is 5.70. The molecule has 140 valence electrons. The van der Waals surface area contributed by atoms with Crippen LogP contribution in [0.5, 0.6) is 0 Å². The van der Waals surface area contributed by atoms with Gasteiger partial charge in [0.25, 0.3) is 12.3 Å². The third-order valence-corrected chi connectivity index (χ3v) is 4.15. The monoisotopic (exact) mass is 391 g/mol. The van der Waals surface area contributed by atoms with Crippen LogP contribution in [-0.4, -0.2) is 5.91 Å². The summed E-state index contributed by atoms with van der Waals surface area (Å²) in [5, 5.41) is 2.61. The number of amides is 1. The van der Waals surface area contributed by atoms with Crippen LogP contribution in [-0.2, 0) is 0 Å². The van der Waals surface area contributed by atoms with Crippen LogP contribution in [0.3, 0.4) is 0 Å². The molecule has 0 saturated carbocycles. The van der Waals surface area contributed by atoms with Crippen LogP contribution in [0.15, 0.2) is 66.7 Å². The number of hydrogen-bond acceptors (Lipinski definition) is 1. The van der Waals surface area contributed by atoms with E-state index in [1.54, 1.807) is 30.3 Å². The van der Waals surface area contributed by atoms with E-state index in [1.807, 2.05) is 0 Å². The summed E-state index contributed by atoms with van der Waals surface area (Å²) in [4.78, 5) is 12.5. The van der Waals surface area contributed by atoms with E-state index >= 15 is 0 Å². The van der Waals surface area contributed by atoms with Crippen molar-refractivity contribution in [3.63, 3.8) is 0 Å². The molecule has 0 radical (unpaired) electrons. The maximum atomic E-state index is 13.8. The van der Waals surface area contributed by atoms with Gasteiger partial charge in [0, 0.05) is 22.4 Å². The molecule has 0 atom stereocenters. The Balaban J connectivity index is 0.00000261. The fourth-order valence-corrected chi connectivity index (χ4v) is 2.71. The van der Waals surface area contributed by atoms with Crippen LogP contribution in [0.25, 0.3) is 11.1 Å². The number of carbonyl (C=O) groups excluding carboxylic acids is 1. The number of para-hydroxylation sites is 1. The molecule has 1 amide bonds. The highest BCUT2D eigenvalue weighted by molar-refractivity contribution is 6.30. The van der Waals surface area contributed by atoms with E-state index in [9.17, 15) is 18.0 Å². The van der Waals surface area contributed by atoms with E-state index in [0.717, 1.165) is 0 Å². The number of nitrogens with one attached hydrogen (secondary N) is 1. The van der Waals surface area contributed by atoms with Crippen LogP contribution in [0.4, 0.5) is 18.9 Å². The zero-order valence-corrected chi connectivity index (χ0v) is 14.1. The molecule has 0 unspecified atom stereocenters. The van der Waals surface area contributed by atoms with Gasteiger partial charge in [0.2, 0.25) is 0 Å². The van der Waals surface area contributed by atoms with Crippen molar-refractivity contribution < 1.29 is 18.0 Å². The fraction of sp³-hybridized carbons (Fsp3) is 0.0952. The maximum Gasteiger partial charge on any atom is 0.264 e. The molecular weight excluding hydrogens is 375 g/mol.